The maximum atomic E-state index is 5.23. The number of aryl methyl sites for hydroxylation is 2. The molecule has 32 heavy (non-hydrogen) atoms. The summed E-state index contributed by atoms with van der Waals surface area (Å²) >= 11 is 0. The van der Waals surface area contributed by atoms with Crippen molar-refractivity contribution in [2.45, 2.75) is 45.3 Å². The van der Waals surface area contributed by atoms with Gasteiger partial charge in [0.15, 0.2) is 11.8 Å². The van der Waals surface area contributed by atoms with E-state index in [1.54, 1.807) is 13.4 Å². The lowest BCUT2D eigenvalue weighted by atomic mass is 10.1. The van der Waals surface area contributed by atoms with Crippen LogP contribution in [-0.2, 0) is 33.0 Å². The first-order chi connectivity index (χ1) is 15.1. The van der Waals surface area contributed by atoms with E-state index in [0.29, 0.717) is 6.54 Å². The summed E-state index contributed by atoms with van der Waals surface area (Å²) in [5.74, 6) is 4.37. The van der Waals surface area contributed by atoms with E-state index < -0.39 is 0 Å². The summed E-state index contributed by atoms with van der Waals surface area (Å²) in [6.07, 6.45) is 4.39. The Labute approximate surface area is 204 Å². The molecule has 4 rings (SSSR count). The fraction of sp³-hybridized carbons (Fsp3) is 0.476. The van der Waals surface area contributed by atoms with Gasteiger partial charge in [-0.3, -0.25) is 0 Å². The number of rotatable bonds is 7. The van der Waals surface area contributed by atoms with E-state index in [4.69, 9.17) is 9.73 Å². The molecule has 3 heterocycles. The van der Waals surface area contributed by atoms with Gasteiger partial charge in [0.25, 0.3) is 0 Å². The van der Waals surface area contributed by atoms with E-state index in [0.717, 1.165) is 61.5 Å². The second-order valence-electron chi connectivity index (χ2n) is 7.65. The third kappa shape index (κ3) is 5.96. The molecule has 1 aliphatic heterocycles. The van der Waals surface area contributed by atoms with Crippen molar-refractivity contribution in [3.8, 4) is 5.75 Å². The fourth-order valence-electron chi connectivity index (χ4n) is 3.56. The zero-order valence-electron chi connectivity index (χ0n) is 18.7. The van der Waals surface area contributed by atoms with Crippen LogP contribution in [0, 0.1) is 6.92 Å². The summed E-state index contributed by atoms with van der Waals surface area (Å²) in [5, 5.41) is 19.7. The molecule has 11 heteroatoms. The molecule has 0 fully saturated rings. The molecule has 0 amide bonds. The van der Waals surface area contributed by atoms with Crippen LogP contribution >= 0.6 is 24.0 Å². The molecule has 0 bridgehead atoms. The van der Waals surface area contributed by atoms with Gasteiger partial charge in [-0.2, -0.15) is 5.10 Å². The Morgan fingerprint density at radius 1 is 1.25 bits per heavy atom. The zero-order valence-corrected chi connectivity index (χ0v) is 21.0. The second kappa shape index (κ2) is 11.2. The van der Waals surface area contributed by atoms with Crippen LogP contribution in [0.3, 0.4) is 0 Å². The number of aliphatic imine (C=N–C) groups is 1. The lowest BCUT2D eigenvalue weighted by Crippen LogP contribution is -2.47. The molecule has 0 saturated heterocycles. The van der Waals surface area contributed by atoms with Crippen LogP contribution in [0.25, 0.3) is 0 Å². The Morgan fingerprint density at radius 3 is 2.78 bits per heavy atom. The van der Waals surface area contributed by atoms with Gasteiger partial charge in [0, 0.05) is 26.1 Å². The highest BCUT2D eigenvalue weighted by atomic mass is 127. The summed E-state index contributed by atoms with van der Waals surface area (Å²) in [6.45, 7) is 3.93. The predicted molar refractivity (Wildman–Crippen MR) is 132 cm³/mol. The highest BCUT2D eigenvalue weighted by Crippen LogP contribution is 2.12. The standard InChI is InChI=1S/C21H29N9O.HI/c1-15-27-28-20(29(15)2)12-23-21(22-11-10-16-4-7-18(31-3)8-5-16)26-17-6-9-19-24-14-25-30(19)13-17;/h4-5,7-8,14,17H,6,9-13H2,1-3H3,(H2,22,23,26);1H. The van der Waals surface area contributed by atoms with Crippen molar-refractivity contribution in [3.63, 3.8) is 0 Å². The number of fused-ring (bicyclic) bond motifs is 1. The van der Waals surface area contributed by atoms with Crippen molar-refractivity contribution in [1.82, 2.24) is 40.2 Å². The number of methoxy groups -OCH3 is 1. The van der Waals surface area contributed by atoms with Crippen molar-refractivity contribution in [3.05, 3.63) is 53.6 Å². The lowest BCUT2D eigenvalue weighted by molar-refractivity contribution is 0.392. The van der Waals surface area contributed by atoms with Crippen LogP contribution in [-0.4, -0.2) is 55.2 Å². The van der Waals surface area contributed by atoms with Crippen LogP contribution in [0.1, 0.15) is 29.5 Å². The molecule has 1 unspecified atom stereocenters. The Morgan fingerprint density at radius 2 is 2.06 bits per heavy atom. The highest BCUT2D eigenvalue weighted by molar-refractivity contribution is 14.0. The van der Waals surface area contributed by atoms with E-state index >= 15 is 0 Å². The normalized spacial score (nSPS) is 15.6. The van der Waals surface area contributed by atoms with Crippen molar-refractivity contribution >= 4 is 29.9 Å². The summed E-state index contributed by atoms with van der Waals surface area (Å²) in [6, 6.07) is 8.37. The van der Waals surface area contributed by atoms with Crippen LogP contribution in [0.15, 0.2) is 35.6 Å². The lowest BCUT2D eigenvalue weighted by Gasteiger charge is -2.25. The maximum absolute atomic E-state index is 5.23. The Balaban J connectivity index is 0.00000289. The summed E-state index contributed by atoms with van der Waals surface area (Å²) in [4.78, 5) is 9.08. The average Bonchev–Trinajstić information content (AvgIpc) is 3.38. The van der Waals surface area contributed by atoms with E-state index in [1.807, 2.05) is 35.4 Å². The Bertz CT molecular complexity index is 1030. The molecule has 3 aromatic rings. The monoisotopic (exact) mass is 551 g/mol. The first-order valence-electron chi connectivity index (χ1n) is 10.5. The van der Waals surface area contributed by atoms with Crippen LogP contribution < -0.4 is 15.4 Å². The minimum Gasteiger partial charge on any atom is -0.497 e. The summed E-state index contributed by atoms with van der Waals surface area (Å²) in [7, 11) is 3.63. The molecule has 2 N–H and O–H groups in total. The van der Waals surface area contributed by atoms with E-state index in [1.165, 1.54) is 5.56 Å². The number of nitrogens with zero attached hydrogens (tertiary/aromatic N) is 7. The van der Waals surface area contributed by atoms with Gasteiger partial charge in [-0.1, -0.05) is 12.1 Å². The van der Waals surface area contributed by atoms with Crippen LogP contribution in [0.2, 0.25) is 0 Å². The molecule has 0 aliphatic carbocycles. The summed E-state index contributed by atoms with van der Waals surface area (Å²) in [5.41, 5.74) is 1.24. The number of nitrogens with one attached hydrogen (secondary N) is 2. The first kappa shape index (κ1) is 24.0. The van der Waals surface area contributed by atoms with Crippen molar-refractivity contribution in [2.75, 3.05) is 13.7 Å². The molecule has 10 nitrogen and oxygen atoms in total. The first-order valence-corrected chi connectivity index (χ1v) is 10.5. The Hall–Kier alpha value is -2.70. The molecular formula is C21H30IN9O. The molecular weight excluding hydrogens is 521 g/mol. The van der Waals surface area contributed by atoms with Crippen LogP contribution in [0.5, 0.6) is 5.75 Å². The number of hydrogen-bond donors (Lipinski definition) is 2. The number of benzene rings is 1. The topological polar surface area (TPSA) is 107 Å². The molecule has 1 atom stereocenters. The third-order valence-corrected chi connectivity index (χ3v) is 5.57. The number of guanidine groups is 1. The average molecular weight is 551 g/mol. The van der Waals surface area contributed by atoms with Crippen molar-refractivity contribution < 1.29 is 4.74 Å². The van der Waals surface area contributed by atoms with Crippen LogP contribution in [0.4, 0.5) is 0 Å². The number of ether oxygens (including phenoxy) is 1. The van der Waals surface area contributed by atoms with Gasteiger partial charge < -0.3 is 19.9 Å². The van der Waals surface area contributed by atoms with Crippen molar-refractivity contribution in [1.29, 1.82) is 0 Å². The highest BCUT2D eigenvalue weighted by Gasteiger charge is 2.20. The number of aromatic nitrogens is 6. The van der Waals surface area contributed by atoms with Gasteiger partial charge in [0.1, 0.15) is 30.3 Å². The van der Waals surface area contributed by atoms with E-state index in [9.17, 15) is 0 Å². The predicted octanol–water partition coefficient (Wildman–Crippen LogP) is 1.63. The van der Waals surface area contributed by atoms with Gasteiger partial charge in [0.2, 0.25) is 0 Å². The third-order valence-electron chi connectivity index (χ3n) is 5.57. The number of halogens is 1. The largest absolute Gasteiger partial charge is 0.497 e. The summed E-state index contributed by atoms with van der Waals surface area (Å²) < 4.78 is 9.15. The molecule has 0 radical (unpaired) electrons. The van der Waals surface area contributed by atoms with Gasteiger partial charge in [-0.15, -0.1) is 34.2 Å². The van der Waals surface area contributed by atoms with Gasteiger partial charge >= 0.3 is 0 Å². The molecule has 2 aromatic heterocycles. The van der Waals surface area contributed by atoms with E-state index in [2.05, 4.69) is 43.0 Å². The quantitative estimate of drug-likeness (QED) is 0.261. The molecule has 1 aromatic carbocycles. The zero-order chi connectivity index (χ0) is 21.6. The van der Waals surface area contributed by atoms with Gasteiger partial charge in [-0.05, 0) is 37.5 Å². The minimum atomic E-state index is 0. The van der Waals surface area contributed by atoms with Gasteiger partial charge in [-0.25, -0.2) is 14.7 Å². The van der Waals surface area contributed by atoms with E-state index in [-0.39, 0.29) is 30.0 Å². The molecule has 0 saturated carbocycles. The maximum Gasteiger partial charge on any atom is 0.192 e. The minimum absolute atomic E-state index is 0. The molecule has 1 aliphatic rings. The van der Waals surface area contributed by atoms with Gasteiger partial charge in [0.05, 0.1) is 13.7 Å². The smallest absolute Gasteiger partial charge is 0.192 e. The van der Waals surface area contributed by atoms with Crippen molar-refractivity contribution in [2.24, 2.45) is 12.0 Å². The SMILES string of the molecule is COc1ccc(CCNC(=NCc2nnc(C)n2C)NC2CCc3ncnn3C2)cc1.I. The fourth-order valence-corrected chi connectivity index (χ4v) is 3.56. The Kier molecular flexibility index (Phi) is 8.42. The second-order valence-corrected chi connectivity index (χ2v) is 7.65. The number of hydrogen-bond acceptors (Lipinski definition) is 6. The molecule has 172 valence electrons. The molecule has 0 spiro atoms.